The third-order valence-corrected chi connectivity index (χ3v) is 3.04. The van der Waals surface area contributed by atoms with E-state index in [0.29, 0.717) is 39.1 Å². The number of pyridine rings is 2. The molecule has 0 amide bonds. The fraction of sp³-hybridized carbons (Fsp3) is 0. The largest absolute Gasteiger partial charge is 0.384 e. The summed E-state index contributed by atoms with van der Waals surface area (Å²) in [5.41, 5.74) is 12.8. The van der Waals surface area contributed by atoms with Crippen LogP contribution in [0.15, 0.2) is 41.5 Å². The number of nitrogens with zero attached hydrogens (tertiary/aromatic N) is 5. The van der Waals surface area contributed by atoms with Crippen LogP contribution in [-0.2, 0) is 4.57 Å². The number of rotatable bonds is 0. The minimum Gasteiger partial charge on any atom is -0.384 e. The molecule has 0 bridgehead atoms. The number of aromatic nitrogens is 6. The molecule has 0 unspecified atom stereocenters. The monoisotopic (exact) mass is 494 g/mol. The zero-order chi connectivity index (χ0) is 21.6. The third kappa shape index (κ3) is 8.35. The van der Waals surface area contributed by atoms with E-state index in [1.807, 2.05) is 0 Å². The molecule has 0 aliphatic heterocycles. The van der Waals surface area contributed by atoms with Gasteiger partial charge in [-0.1, -0.05) is 11.6 Å². The van der Waals surface area contributed by atoms with Crippen molar-refractivity contribution < 1.29 is 4.57 Å². The summed E-state index contributed by atoms with van der Waals surface area (Å²) in [6.45, 7) is 0. The van der Waals surface area contributed by atoms with Crippen molar-refractivity contribution in [1.82, 2.24) is 29.9 Å². The average molecular weight is 496 g/mol. The highest BCUT2D eigenvalue weighted by Gasteiger charge is 2.03. The Bertz CT molecular complexity index is 1200. The van der Waals surface area contributed by atoms with Crippen LogP contribution in [0.25, 0.3) is 22.3 Å². The van der Waals surface area contributed by atoms with Gasteiger partial charge in [0.1, 0.15) is 27.8 Å². The Hall–Kier alpha value is -2.23. The first-order valence-electron chi connectivity index (χ1n) is 7.36. The lowest BCUT2D eigenvalue weighted by atomic mass is 10.4. The molecule has 10 nitrogen and oxygen atoms in total. The Kier molecular flexibility index (Phi) is 7.95. The highest BCUT2D eigenvalue weighted by Crippen LogP contribution is 2.61. The zero-order valence-electron chi connectivity index (χ0n) is 14.1. The summed E-state index contributed by atoms with van der Waals surface area (Å²) < 4.78 is 9.51. The Morgan fingerprint density at radius 3 is 2.07 bits per heavy atom. The Labute approximate surface area is 182 Å². The van der Waals surface area contributed by atoms with Crippen LogP contribution < -0.4 is 17.0 Å². The standard InChI is InChI=1S/C7H5ClN4.C7H6N4O.Cl3OP/c8-5-3-10-4-1-2-6(9)12-7(4)11-5;8-5-2-1-4-7(10-5)11-6(12)3-9-4;1-5(2,3)4/h1-3H,(H2,9,11,12);1-3H,(H3,8,10,11,12);. The number of hydrogen-bond donors (Lipinski definition) is 3. The summed E-state index contributed by atoms with van der Waals surface area (Å²) >= 11 is 19.5. The van der Waals surface area contributed by atoms with Gasteiger partial charge < -0.3 is 16.5 Å². The summed E-state index contributed by atoms with van der Waals surface area (Å²) in [6.07, 6.45) is 2.68. The van der Waals surface area contributed by atoms with Gasteiger partial charge in [0.05, 0.1) is 12.4 Å². The second kappa shape index (κ2) is 10.00. The summed E-state index contributed by atoms with van der Waals surface area (Å²) in [6, 6.07) is 6.76. The fourth-order valence-corrected chi connectivity index (χ4v) is 1.96. The molecule has 0 aliphatic carbocycles. The van der Waals surface area contributed by atoms with Crippen molar-refractivity contribution in [3.63, 3.8) is 0 Å². The van der Waals surface area contributed by atoms with Crippen LogP contribution >= 0.6 is 50.5 Å². The van der Waals surface area contributed by atoms with E-state index in [1.54, 1.807) is 24.3 Å². The van der Waals surface area contributed by atoms with E-state index in [1.165, 1.54) is 12.4 Å². The molecule has 152 valence electrons. The molecule has 0 spiro atoms. The van der Waals surface area contributed by atoms with Crippen molar-refractivity contribution in [2.45, 2.75) is 0 Å². The van der Waals surface area contributed by atoms with Crippen LogP contribution in [0.1, 0.15) is 0 Å². The molecule has 0 radical (unpaired) electrons. The number of halogens is 4. The van der Waals surface area contributed by atoms with Crippen LogP contribution in [0.2, 0.25) is 5.15 Å². The van der Waals surface area contributed by atoms with Gasteiger partial charge in [-0.3, -0.25) is 9.36 Å². The molecule has 29 heavy (non-hydrogen) atoms. The van der Waals surface area contributed by atoms with Gasteiger partial charge in [0, 0.05) is 0 Å². The van der Waals surface area contributed by atoms with E-state index < -0.39 is 5.20 Å². The molecule has 0 aromatic carbocycles. The van der Waals surface area contributed by atoms with E-state index in [9.17, 15) is 9.36 Å². The van der Waals surface area contributed by atoms with Gasteiger partial charge in [0.2, 0.25) is 0 Å². The van der Waals surface area contributed by atoms with E-state index in [0.717, 1.165) is 0 Å². The topological polar surface area (TPSA) is 166 Å². The second-order valence-electron chi connectivity index (χ2n) is 5.02. The van der Waals surface area contributed by atoms with E-state index in [-0.39, 0.29) is 5.56 Å². The number of nitrogen functional groups attached to an aromatic ring is 2. The molecule has 0 saturated carbocycles. The maximum Gasteiger partial charge on any atom is 0.339 e. The molecule has 0 fully saturated rings. The van der Waals surface area contributed by atoms with Gasteiger partial charge in [-0.05, 0) is 58.0 Å². The molecule has 4 aromatic heterocycles. The molecular weight excluding hydrogens is 485 g/mol. The lowest BCUT2D eigenvalue weighted by molar-refractivity contribution is 0.600. The molecule has 0 atom stereocenters. The van der Waals surface area contributed by atoms with Crippen LogP contribution in [0.3, 0.4) is 0 Å². The molecule has 4 aromatic rings. The lowest BCUT2D eigenvalue weighted by Gasteiger charge is -1.96. The van der Waals surface area contributed by atoms with Crippen molar-refractivity contribution in [3.8, 4) is 0 Å². The minimum atomic E-state index is -3.22. The molecule has 4 rings (SSSR count). The number of nitrogens with one attached hydrogen (secondary N) is 1. The van der Waals surface area contributed by atoms with Crippen molar-refractivity contribution in [2.24, 2.45) is 0 Å². The average Bonchev–Trinajstić information content (AvgIpc) is 2.60. The normalized spacial score (nSPS) is 10.6. The summed E-state index contributed by atoms with van der Waals surface area (Å²) in [7, 11) is 0. The van der Waals surface area contributed by atoms with Crippen molar-refractivity contribution in [3.05, 3.63) is 52.2 Å². The summed E-state index contributed by atoms with van der Waals surface area (Å²) in [5, 5.41) is -2.90. The van der Waals surface area contributed by atoms with Gasteiger partial charge in [-0.2, -0.15) is 0 Å². The molecule has 15 heteroatoms. The van der Waals surface area contributed by atoms with E-state index in [4.69, 9.17) is 23.1 Å². The van der Waals surface area contributed by atoms with Crippen LogP contribution in [0.4, 0.5) is 11.6 Å². The predicted octanol–water partition coefficient (Wildman–Crippen LogP) is 3.97. The van der Waals surface area contributed by atoms with Gasteiger partial charge in [-0.15, -0.1) is 0 Å². The smallest absolute Gasteiger partial charge is 0.339 e. The Morgan fingerprint density at radius 2 is 1.41 bits per heavy atom. The molecule has 0 saturated heterocycles. The second-order valence-corrected chi connectivity index (χ2v) is 12.0. The van der Waals surface area contributed by atoms with Crippen LogP contribution in [0, 0.1) is 0 Å². The quantitative estimate of drug-likeness (QED) is 0.305. The Morgan fingerprint density at radius 1 is 0.862 bits per heavy atom. The van der Waals surface area contributed by atoms with Crippen molar-refractivity contribution >= 4 is 84.5 Å². The molecular formula is C14H11Cl4N8O2P. The highest BCUT2D eigenvalue weighted by atomic mass is 36.0. The number of aromatic amines is 1. The van der Waals surface area contributed by atoms with Crippen LogP contribution in [-0.4, -0.2) is 29.9 Å². The number of hydrogen-bond acceptors (Lipinski definition) is 9. The van der Waals surface area contributed by atoms with Crippen molar-refractivity contribution in [2.75, 3.05) is 11.5 Å². The molecule has 5 N–H and O–H groups in total. The number of H-pyrrole nitrogens is 1. The summed E-state index contributed by atoms with van der Waals surface area (Å²) in [4.78, 5) is 33.0. The fourth-order valence-electron chi connectivity index (χ4n) is 1.83. The highest BCUT2D eigenvalue weighted by molar-refractivity contribution is 8.24. The Balaban J connectivity index is 0.000000170. The first-order chi connectivity index (χ1) is 13.5. The summed E-state index contributed by atoms with van der Waals surface area (Å²) in [5.74, 6) is 0.783. The van der Waals surface area contributed by atoms with E-state index >= 15 is 0 Å². The van der Waals surface area contributed by atoms with Crippen molar-refractivity contribution in [1.29, 1.82) is 0 Å². The first kappa shape index (κ1) is 23.1. The predicted molar refractivity (Wildman–Crippen MR) is 116 cm³/mol. The van der Waals surface area contributed by atoms with Gasteiger partial charge >= 0.3 is 5.20 Å². The van der Waals surface area contributed by atoms with E-state index in [2.05, 4.69) is 63.6 Å². The SMILES string of the molecule is Nc1ccc2ncc(=O)[nH]c2n1.Nc1ccc2ncc(Cl)nc2n1.O=P(Cl)(Cl)Cl. The van der Waals surface area contributed by atoms with Crippen LogP contribution in [0.5, 0.6) is 0 Å². The minimum absolute atomic E-state index is 0.277. The number of anilines is 2. The maximum absolute atomic E-state index is 10.8. The number of fused-ring (bicyclic) bond motifs is 2. The zero-order valence-corrected chi connectivity index (χ0v) is 18.0. The number of nitrogens with two attached hydrogens (primary N) is 2. The molecule has 0 aliphatic rings. The van der Waals surface area contributed by atoms with Gasteiger partial charge in [-0.25, -0.2) is 24.9 Å². The van der Waals surface area contributed by atoms with Gasteiger partial charge in [0.25, 0.3) is 5.56 Å². The molecule has 4 heterocycles. The third-order valence-electron chi connectivity index (χ3n) is 2.86. The maximum atomic E-state index is 10.8. The van der Waals surface area contributed by atoms with Gasteiger partial charge in [0.15, 0.2) is 11.3 Å². The first-order valence-corrected chi connectivity index (χ1v) is 12.2. The lowest BCUT2D eigenvalue weighted by Crippen LogP contribution is -2.06.